The Labute approximate surface area is 189 Å². The zero-order chi connectivity index (χ0) is 22.4. The van der Waals surface area contributed by atoms with Crippen LogP contribution >= 0.6 is 0 Å². The first-order valence-corrected chi connectivity index (χ1v) is 11.1. The zero-order valence-corrected chi connectivity index (χ0v) is 18.4. The third-order valence-corrected chi connectivity index (χ3v) is 6.32. The topological polar surface area (TPSA) is 72.3 Å². The van der Waals surface area contributed by atoms with Crippen molar-refractivity contribution >= 4 is 5.97 Å². The van der Waals surface area contributed by atoms with Crippen molar-refractivity contribution in [3.8, 4) is 0 Å². The normalized spacial score (nSPS) is 21.1. The van der Waals surface area contributed by atoms with E-state index in [1.54, 1.807) is 36.7 Å². The van der Waals surface area contributed by atoms with Gasteiger partial charge in [-0.3, -0.25) is 0 Å². The molecule has 0 bridgehead atoms. The molecule has 0 aliphatic carbocycles. The highest BCUT2D eigenvalue weighted by atomic mass is 16.6. The van der Waals surface area contributed by atoms with Crippen molar-refractivity contribution in [1.82, 2.24) is 9.97 Å². The number of nitrogens with zero attached hydrogens (tertiary/aromatic N) is 3. The van der Waals surface area contributed by atoms with Crippen LogP contribution in [-0.2, 0) is 21.6 Å². The molecule has 166 valence electrons. The molecule has 0 amide bonds. The van der Waals surface area contributed by atoms with Crippen molar-refractivity contribution in [3.63, 3.8) is 0 Å². The Kier molecular flexibility index (Phi) is 6.63. The van der Waals surface area contributed by atoms with Gasteiger partial charge in [0.05, 0.1) is 26.6 Å². The molecule has 1 aliphatic heterocycles. The Balaban J connectivity index is 1.49. The number of likely N-dealkylation sites (N-methyl/N-ethyl adjacent to an activating group) is 1. The molecule has 0 saturated carbocycles. The highest BCUT2D eigenvalue weighted by Gasteiger charge is 2.44. The largest absolute Gasteiger partial charge is 0.454 e. The molecule has 2 atom stereocenters. The number of likely N-dealkylation sites (tertiary alicyclic amines) is 1. The van der Waals surface area contributed by atoms with Gasteiger partial charge < -0.3 is 14.3 Å². The zero-order valence-electron chi connectivity index (χ0n) is 18.4. The number of carbonyl (C=O) groups excluding carboxylic acids is 1. The standard InChI is InChI=1S/C26H30N3O3/c1-29(19-15-24-27-16-9-17-28-24)18-8-14-23(20-29)32-25(30)26(31,21-10-4-2-5-11-21)22-12-6-3-7-13-22/h2-7,9-13,16-17,23,31H,8,14-15,18-20H2,1H3/q+1/t23?,29-/m1/s1. The molecular formula is C26H30N3O3+. The Bertz CT molecular complexity index is 975. The van der Waals surface area contributed by atoms with E-state index < -0.39 is 11.6 Å². The average molecular weight is 433 g/mol. The molecule has 6 nitrogen and oxygen atoms in total. The molecule has 2 heterocycles. The third kappa shape index (κ3) is 4.87. The number of carbonyl (C=O) groups is 1. The van der Waals surface area contributed by atoms with Crippen molar-refractivity contribution in [2.24, 2.45) is 0 Å². The minimum atomic E-state index is -1.85. The number of hydrogen-bond acceptors (Lipinski definition) is 5. The van der Waals surface area contributed by atoms with Crippen LogP contribution in [0.2, 0.25) is 0 Å². The molecule has 32 heavy (non-hydrogen) atoms. The predicted octanol–water partition coefficient (Wildman–Crippen LogP) is 3.11. The molecule has 1 aliphatic rings. The number of rotatable bonds is 7. The number of quaternary nitrogens is 1. The van der Waals surface area contributed by atoms with E-state index in [2.05, 4.69) is 17.0 Å². The van der Waals surface area contributed by atoms with Crippen LogP contribution < -0.4 is 0 Å². The van der Waals surface area contributed by atoms with Crippen LogP contribution in [0.25, 0.3) is 0 Å². The molecule has 1 unspecified atom stereocenters. The average Bonchev–Trinajstić information content (AvgIpc) is 2.84. The fourth-order valence-corrected chi connectivity index (χ4v) is 4.50. The van der Waals surface area contributed by atoms with Crippen molar-refractivity contribution in [3.05, 3.63) is 96.1 Å². The van der Waals surface area contributed by atoms with Crippen molar-refractivity contribution in [2.75, 3.05) is 26.7 Å². The first-order chi connectivity index (χ1) is 15.5. The van der Waals surface area contributed by atoms with Crippen molar-refractivity contribution in [1.29, 1.82) is 0 Å². The van der Waals surface area contributed by atoms with Gasteiger partial charge in [-0.05, 0) is 23.6 Å². The van der Waals surface area contributed by atoms with Crippen molar-refractivity contribution in [2.45, 2.75) is 31.0 Å². The molecule has 0 radical (unpaired) electrons. The van der Waals surface area contributed by atoms with Crippen LogP contribution in [0, 0.1) is 0 Å². The van der Waals surface area contributed by atoms with Gasteiger partial charge in [0.2, 0.25) is 5.60 Å². The highest BCUT2D eigenvalue weighted by molar-refractivity contribution is 5.85. The maximum Gasteiger partial charge on any atom is 0.348 e. The van der Waals surface area contributed by atoms with Crippen LogP contribution in [0.4, 0.5) is 0 Å². The van der Waals surface area contributed by atoms with E-state index in [4.69, 9.17) is 4.74 Å². The van der Waals surface area contributed by atoms with E-state index in [0.717, 1.165) is 42.7 Å². The van der Waals surface area contributed by atoms with Crippen LogP contribution in [0.3, 0.4) is 0 Å². The second kappa shape index (κ2) is 9.59. The van der Waals surface area contributed by atoms with E-state index in [9.17, 15) is 9.90 Å². The Morgan fingerprint density at radius 1 is 1.03 bits per heavy atom. The summed E-state index contributed by atoms with van der Waals surface area (Å²) in [6, 6.07) is 19.8. The summed E-state index contributed by atoms with van der Waals surface area (Å²) < 4.78 is 6.76. The van der Waals surface area contributed by atoms with Gasteiger partial charge in [-0.15, -0.1) is 0 Å². The molecule has 6 heteroatoms. The molecule has 3 aromatic rings. The molecule has 2 aromatic carbocycles. The van der Waals surface area contributed by atoms with Crippen molar-refractivity contribution < 1.29 is 19.1 Å². The van der Waals surface area contributed by atoms with Gasteiger partial charge in [0, 0.05) is 18.8 Å². The number of aliphatic hydroxyl groups is 1. The van der Waals surface area contributed by atoms with E-state index in [1.165, 1.54) is 0 Å². The number of hydrogen-bond donors (Lipinski definition) is 1. The summed E-state index contributed by atoms with van der Waals surface area (Å²) in [7, 11) is 2.18. The third-order valence-electron chi connectivity index (χ3n) is 6.32. The first-order valence-electron chi connectivity index (χ1n) is 11.1. The highest BCUT2D eigenvalue weighted by Crippen LogP contribution is 2.32. The second-order valence-corrected chi connectivity index (χ2v) is 8.78. The van der Waals surface area contributed by atoms with Gasteiger partial charge in [0.1, 0.15) is 12.4 Å². The van der Waals surface area contributed by atoms with E-state index in [0.29, 0.717) is 17.7 Å². The Morgan fingerprint density at radius 2 is 1.62 bits per heavy atom. The van der Waals surface area contributed by atoms with Crippen LogP contribution in [0.1, 0.15) is 29.8 Å². The molecule has 1 fully saturated rings. The number of ether oxygens (including phenoxy) is 1. The number of esters is 1. The lowest BCUT2D eigenvalue weighted by molar-refractivity contribution is -0.916. The summed E-state index contributed by atoms with van der Waals surface area (Å²) in [4.78, 5) is 22.1. The number of benzene rings is 2. The minimum Gasteiger partial charge on any atom is -0.454 e. The van der Waals surface area contributed by atoms with Gasteiger partial charge >= 0.3 is 5.97 Å². The number of piperidine rings is 1. The van der Waals surface area contributed by atoms with E-state index in [1.807, 2.05) is 42.5 Å². The molecule has 1 N–H and O–H groups in total. The smallest absolute Gasteiger partial charge is 0.348 e. The molecular weight excluding hydrogens is 402 g/mol. The first kappa shape index (κ1) is 22.1. The summed E-state index contributed by atoms with van der Waals surface area (Å²) in [6.07, 6.45) is 5.79. The van der Waals surface area contributed by atoms with Gasteiger partial charge in [0.25, 0.3) is 0 Å². The Hall–Kier alpha value is -3.09. The molecule has 0 spiro atoms. The lowest BCUT2D eigenvalue weighted by Crippen LogP contribution is -2.55. The summed E-state index contributed by atoms with van der Waals surface area (Å²) in [5, 5.41) is 11.6. The molecule has 4 rings (SSSR count). The summed E-state index contributed by atoms with van der Waals surface area (Å²) in [6.45, 7) is 2.60. The minimum absolute atomic E-state index is 0.253. The monoisotopic (exact) mass is 432 g/mol. The van der Waals surface area contributed by atoms with Crippen LogP contribution in [0.15, 0.2) is 79.1 Å². The van der Waals surface area contributed by atoms with Crippen LogP contribution in [0.5, 0.6) is 0 Å². The SMILES string of the molecule is C[N@+]1(CCc2ncccn2)CCCC(OC(=O)C(O)(c2ccccc2)c2ccccc2)C1. The fourth-order valence-electron chi connectivity index (χ4n) is 4.50. The Morgan fingerprint density at radius 3 is 2.22 bits per heavy atom. The summed E-state index contributed by atoms with van der Waals surface area (Å²) >= 11 is 0. The van der Waals surface area contributed by atoms with Gasteiger partial charge in [-0.1, -0.05) is 60.7 Å². The van der Waals surface area contributed by atoms with Gasteiger partial charge in [-0.2, -0.15) is 0 Å². The maximum atomic E-state index is 13.4. The van der Waals surface area contributed by atoms with E-state index in [-0.39, 0.29) is 6.10 Å². The lowest BCUT2D eigenvalue weighted by Gasteiger charge is -2.41. The molecule has 1 saturated heterocycles. The lowest BCUT2D eigenvalue weighted by atomic mass is 9.86. The van der Waals surface area contributed by atoms with Crippen LogP contribution in [-0.4, -0.2) is 58.3 Å². The maximum absolute atomic E-state index is 13.4. The second-order valence-electron chi connectivity index (χ2n) is 8.78. The predicted molar refractivity (Wildman–Crippen MR) is 122 cm³/mol. The van der Waals surface area contributed by atoms with Gasteiger partial charge in [-0.25, -0.2) is 14.8 Å². The number of aromatic nitrogens is 2. The molecule has 1 aromatic heterocycles. The van der Waals surface area contributed by atoms with Gasteiger partial charge in [0.15, 0.2) is 6.10 Å². The van der Waals surface area contributed by atoms with E-state index >= 15 is 0 Å². The quantitative estimate of drug-likeness (QED) is 0.459. The summed E-state index contributed by atoms with van der Waals surface area (Å²) in [5.74, 6) is 0.202. The summed E-state index contributed by atoms with van der Waals surface area (Å²) in [5.41, 5.74) is -0.836. The fraction of sp³-hybridized carbons (Fsp3) is 0.346.